The quantitative estimate of drug-likeness (QED) is 0.171. The number of phenols is 3. The first-order valence-electron chi connectivity index (χ1n) is 12.9. The van der Waals surface area contributed by atoms with Crippen molar-refractivity contribution in [3.05, 3.63) is 41.5 Å². The van der Waals surface area contributed by atoms with Crippen molar-refractivity contribution in [2.75, 3.05) is 0 Å². The van der Waals surface area contributed by atoms with Gasteiger partial charge in [-0.25, -0.2) is 9.59 Å². The molecule has 0 aromatic heterocycles. The maximum Gasteiger partial charge on any atom is 0.423 e. The molecule has 0 bridgehead atoms. The van der Waals surface area contributed by atoms with E-state index in [4.69, 9.17) is 9.47 Å². The number of hydrogen-bond donors (Lipinski definition) is 3. The van der Waals surface area contributed by atoms with E-state index in [-0.39, 0.29) is 34.7 Å². The molecule has 1 saturated carbocycles. The Balaban J connectivity index is 1.93. The molecule has 7 nitrogen and oxygen atoms in total. The number of esters is 2. The Morgan fingerprint density at radius 1 is 0.944 bits per heavy atom. The van der Waals surface area contributed by atoms with Gasteiger partial charge in [0.25, 0.3) is 0 Å². The minimum absolute atomic E-state index is 0.0136. The summed E-state index contributed by atoms with van der Waals surface area (Å²) in [6.07, 6.45) is 6.71. The number of carbonyl (C=O) groups is 2. The summed E-state index contributed by atoms with van der Waals surface area (Å²) in [6, 6.07) is 6.80. The summed E-state index contributed by atoms with van der Waals surface area (Å²) in [5, 5.41) is 30.4. The molecule has 0 aliphatic heterocycles. The summed E-state index contributed by atoms with van der Waals surface area (Å²) in [7, 11) is 0. The van der Waals surface area contributed by atoms with Gasteiger partial charge in [0.05, 0.1) is 0 Å². The van der Waals surface area contributed by atoms with E-state index in [9.17, 15) is 24.9 Å². The number of benzene rings is 2. The second kappa shape index (κ2) is 12.2. The molecular weight excluding hydrogens is 460 g/mol. The minimum atomic E-state index is -1.29. The van der Waals surface area contributed by atoms with Crippen LogP contribution >= 0.6 is 0 Å². The largest absolute Gasteiger partial charge is 0.508 e. The molecule has 2 aromatic carbocycles. The smallest absolute Gasteiger partial charge is 0.423 e. The van der Waals surface area contributed by atoms with E-state index in [1.54, 1.807) is 12.1 Å². The first-order valence-corrected chi connectivity index (χ1v) is 12.9. The lowest BCUT2D eigenvalue weighted by Gasteiger charge is -2.38. The summed E-state index contributed by atoms with van der Waals surface area (Å²) >= 11 is 0. The van der Waals surface area contributed by atoms with Crippen LogP contribution in [0.2, 0.25) is 0 Å². The molecule has 0 saturated heterocycles. The molecule has 36 heavy (non-hydrogen) atoms. The average molecular weight is 499 g/mol. The Morgan fingerprint density at radius 2 is 1.61 bits per heavy atom. The van der Waals surface area contributed by atoms with Gasteiger partial charge in [0, 0.05) is 23.8 Å². The number of rotatable bonds is 8. The van der Waals surface area contributed by atoms with Gasteiger partial charge in [0.1, 0.15) is 28.7 Å². The highest BCUT2D eigenvalue weighted by Gasteiger charge is 2.36. The lowest BCUT2D eigenvalue weighted by atomic mass is 9.67. The van der Waals surface area contributed by atoms with Crippen molar-refractivity contribution >= 4 is 11.9 Å². The van der Waals surface area contributed by atoms with Gasteiger partial charge >= 0.3 is 11.9 Å². The number of aryl methyl sites for hydroxylation is 1. The molecule has 0 amide bonds. The fraction of sp³-hybridized carbons (Fsp3) is 0.517. The number of ether oxygens (including phenoxy) is 2. The zero-order chi connectivity index (χ0) is 26.4. The molecule has 0 radical (unpaired) electrons. The van der Waals surface area contributed by atoms with Crippen molar-refractivity contribution in [2.45, 2.75) is 78.6 Å². The van der Waals surface area contributed by atoms with Crippen LogP contribution in [0.5, 0.6) is 28.7 Å². The molecule has 7 heteroatoms. The van der Waals surface area contributed by atoms with Crippen LogP contribution in [0.15, 0.2) is 30.3 Å². The van der Waals surface area contributed by atoms with Crippen LogP contribution in [0.1, 0.15) is 83.3 Å². The highest BCUT2D eigenvalue weighted by Crippen LogP contribution is 2.50. The van der Waals surface area contributed by atoms with Gasteiger partial charge < -0.3 is 24.8 Å². The number of unbranched alkanes of at least 4 members (excludes halogenated alkanes) is 2. The summed E-state index contributed by atoms with van der Waals surface area (Å²) in [6.45, 7) is 8.63. The summed E-state index contributed by atoms with van der Waals surface area (Å²) in [4.78, 5) is 25.3. The zero-order valence-electron chi connectivity index (χ0n) is 21.6. The van der Waals surface area contributed by atoms with Crippen LogP contribution in [0.4, 0.5) is 0 Å². The van der Waals surface area contributed by atoms with Crippen molar-refractivity contribution in [1.82, 2.24) is 0 Å². The fourth-order valence-corrected chi connectivity index (χ4v) is 5.30. The summed E-state index contributed by atoms with van der Waals surface area (Å²) in [5.41, 5.74) is 1.40. The van der Waals surface area contributed by atoms with Gasteiger partial charge in [-0.1, -0.05) is 47.0 Å². The maximum atomic E-state index is 12.8. The molecule has 0 heterocycles. The van der Waals surface area contributed by atoms with E-state index in [0.29, 0.717) is 29.7 Å². The number of hydrogen-bond acceptors (Lipinski definition) is 7. The van der Waals surface area contributed by atoms with Crippen molar-refractivity contribution in [1.29, 1.82) is 0 Å². The first-order chi connectivity index (χ1) is 17.1. The normalized spacial score (nSPS) is 19.8. The molecule has 1 fully saturated rings. The molecule has 1 aliphatic rings. The first kappa shape index (κ1) is 27.4. The van der Waals surface area contributed by atoms with Crippen molar-refractivity contribution in [3.8, 4) is 28.7 Å². The van der Waals surface area contributed by atoms with Crippen LogP contribution in [0, 0.1) is 17.8 Å². The van der Waals surface area contributed by atoms with Gasteiger partial charge in [-0.05, 0) is 67.1 Å². The third-order valence-electron chi connectivity index (χ3n) is 7.10. The standard InChI is InChI=1S/C29H38O7/c1-5-6-7-8-19-12-25(32)27(24-11-18(4)9-10-23(24)17(2)3)26(13-19)36-29(34)28(33)35-22-15-20(30)14-21(31)16-22/h12-18,23-24,30-32H,5-11H2,1-4H3/t18-,23+,24-/m1/s1. The summed E-state index contributed by atoms with van der Waals surface area (Å²) in [5.74, 6) is -1.96. The van der Waals surface area contributed by atoms with E-state index >= 15 is 0 Å². The molecule has 3 N–H and O–H groups in total. The lowest BCUT2D eigenvalue weighted by Crippen LogP contribution is -2.29. The van der Waals surface area contributed by atoms with E-state index in [1.807, 2.05) is 0 Å². The maximum absolute atomic E-state index is 12.8. The predicted molar refractivity (Wildman–Crippen MR) is 136 cm³/mol. The second-order valence-corrected chi connectivity index (χ2v) is 10.4. The van der Waals surface area contributed by atoms with Crippen LogP contribution in [-0.2, 0) is 16.0 Å². The molecule has 0 spiro atoms. The SMILES string of the molecule is CCCCCc1cc(O)c([C@@H]2C[C@H](C)CC[C@H]2C(C)C)c(OC(=O)C(=O)Oc2cc(O)cc(O)c2)c1. The van der Waals surface area contributed by atoms with E-state index in [2.05, 4.69) is 27.7 Å². The Morgan fingerprint density at radius 3 is 2.25 bits per heavy atom. The number of carbonyl (C=O) groups excluding carboxylic acids is 2. The molecule has 2 aromatic rings. The Bertz CT molecular complexity index is 1060. The predicted octanol–water partition coefficient (Wildman–Crippen LogP) is 6.22. The fourth-order valence-electron chi connectivity index (χ4n) is 5.30. The van der Waals surface area contributed by atoms with Gasteiger partial charge in [0.15, 0.2) is 0 Å². The highest BCUT2D eigenvalue weighted by atomic mass is 16.6. The van der Waals surface area contributed by atoms with Crippen LogP contribution in [0.3, 0.4) is 0 Å². The molecule has 3 atom stereocenters. The molecule has 3 rings (SSSR count). The molecule has 0 unspecified atom stereocenters. The monoisotopic (exact) mass is 498 g/mol. The Hall–Kier alpha value is -3.22. The Labute approximate surface area is 213 Å². The van der Waals surface area contributed by atoms with E-state index < -0.39 is 11.9 Å². The van der Waals surface area contributed by atoms with E-state index in [1.165, 1.54) is 0 Å². The highest BCUT2D eigenvalue weighted by molar-refractivity contribution is 6.31. The van der Waals surface area contributed by atoms with Crippen molar-refractivity contribution in [2.24, 2.45) is 17.8 Å². The van der Waals surface area contributed by atoms with Gasteiger partial charge in [-0.15, -0.1) is 0 Å². The van der Waals surface area contributed by atoms with E-state index in [0.717, 1.165) is 62.3 Å². The summed E-state index contributed by atoms with van der Waals surface area (Å²) < 4.78 is 10.6. The van der Waals surface area contributed by atoms with Crippen LogP contribution < -0.4 is 9.47 Å². The van der Waals surface area contributed by atoms with Gasteiger partial charge in [-0.3, -0.25) is 0 Å². The molecule has 196 valence electrons. The third-order valence-corrected chi connectivity index (χ3v) is 7.10. The van der Waals surface area contributed by atoms with Gasteiger partial charge in [-0.2, -0.15) is 0 Å². The third kappa shape index (κ3) is 6.93. The zero-order valence-corrected chi connectivity index (χ0v) is 21.6. The van der Waals surface area contributed by atoms with Gasteiger partial charge in [0.2, 0.25) is 0 Å². The molecular formula is C29H38O7. The topological polar surface area (TPSA) is 113 Å². The minimum Gasteiger partial charge on any atom is -0.508 e. The number of phenolic OH excluding ortho intramolecular Hbond substituents is 3. The second-order valence-electron chi connectivity index (χ2n) is 10.4. The molecule has 1 aliphatic carbocycles. The Kier molecular flexibility index (Phi) is 9.24. The van der Waals surface area contributed by atoms with Crippen LogP contribution in [0.25, 0.3) is 0 Å². The number of aromatic hydroxyl groups is 3. The van der Waals surface area contributed by atoms with Crippen molar-refractivity contribution < 1.29 is 34.4 Å². The average Bonchev–Trinajstić information content (AvgIpc) is 2.78. The van der Waals surface area contributed by atoms with Crippen LogP contribution in [-0.4, -0.2) is 27.3 Å². The lowest BCUT2D eigenvalue weighted by molar-refractivity contribution is -0.156. The van der Waals surface area contributed by atoms with Crippen molar-refractivity contribution in [3.63, 3.8) is 0 Å².